The summed E-state index contributed by atoms with van der Waals surface area (Å²) in [5.74, 6) is -0.159. The minimum atomic E-state index is -0.266. The van der Waals surface area contributed by atoms with Crippen molar-refractivity contribution in [3.05, 3.63) is 17.2 Å². The molecular formula is C13H15N3O3. The molecule has 0 aliphatic carbocycles. The maximum absolute atomic E-state index is 9.87. The number of nitriles is 2. The summed E-state index contributed by atoms with van der Waals surface area (Å²) >= 11 is 0. The molecule has 1 aromatic rings. The van der Waals surface area contributed by atoms with Gasteiger partial charge in [0.1, 0.15) is 17.7 Å². The van der Waals surface area contributed by atoms with Crippen LogP contribution in [0.15, 0.2) is 6.07 Å². The van der Waals surface area contributed by atoms with E-state index in [-0.39, 0.29) is 22.6 Å². The number of aromatic hydroxyl groups is 1. The number of methoxy groups -OCH3 is 2. The number of hydrogen-bond acceptors (Lipinski definition) is 6. The number of ether oxygens (including phenoxy) is 2. The molecule has 1 aromatic carbocycles. The van der Waals surface area contributed by atoms with Gasteiger partial charge < -0.3 is 19.9 Å². The molecule has 0 saturated heterocycles. The highest BCUT2D eigenvalue weighted by Gasteiger charge is 2.17. The summed E-state index contributed by atoms with van der Waals surface area (Å²) in [6.07, 6.45) is 0.721. The minimum Gasteiger partial charge on any atom is -0.503 e. The van der Waals surface area contributed by atoms with E-state index in [1.54, 1.807) is 7.11 Å². The number of rotatable bonds is 6. The Morgan fingerprint density at radius 3 is 2.58 bits per heavy atom. The Hall–Kier alpha value is -2.44. The smallest absolute Gasteiger partial charge is 0.178 e. The Kier molecular flexibility index (Phi) is 5.46. The third kappa shape index (κ3) is 3.27. The van der Waals surface area contributed by atoms with E-state index in [0.29, 0.717) is 18.8 Å². The Bertz CT molecular complexity index is 529. The summed E-state index contributed by atoms with van der Waals surface area (Å²) in [7, 11) is 2.96. The van der Waals surface area contributed by atoms with Crippen LogP contribution in [0, 0.1) is 22.7 Å². The van der Waals surface area contributed by atoms with Crippen molar-refractivity contribution in [1.29, 1.82) is 10.5 Å². The molecule has 2 N–H and O–H groups in total. The van der Waals surface area contributed by atoms with Gasteiger partial charge in [-0.1, -0.05) is 0 Å². The highest BCUT2D eigenvalue weighted by atomic mass is 16.5. The Morgan fingerprint density at radius 2 is 2.05 bits per heavy atom. The monoisotopic (exact) mass is 261 g/mol. The Balaban J connectivity index is 3.11. The first kappa shape index (κ1) is 14.6. The van der Waals surface area contributed by atoms with Gasteiger partial charge in [-0.3, -0.25) is 0 Å². The lowest BCUT2D eigenvalue weighted by molar-refractivity contribution is 0.198. The van der Waals surface area contributed by atoms with Gasteiger partial charge in [-0.2, -0.15) is 10.5 Å². The van der Waals surface area contributed by atoms with E-state index >= 15 is 0 Å². The largest absolute Gasteiger partial charge is 0.503 e. The molecule has 0 heterocycles. The van der Waals surface area contributed by atoms with E-state index in [0.717, 1.165) is 6.42 Å². The summed E-state index contributed by atoms with van der Waals surface area (Å²) < 4.78 is 9.84. The van der Waals surface area contributed by atoms with Crippen LogP contribution in [0.5, 0.6) is 11.5 Å². The van der Waals surface area contributed by atoms with Crippen molar-refractivity contribution in [2.24, 2.45) is 0 Å². The van der Waals surface area contributed by atoms with Crippen LogP contribution in [0.2, 0.25) is 0 Å². The van der Waals surface area contributed by atoms with Crippen LogP contribution < -0.4 is 10.1 Å². The van der Waals surface area contributed by atoms with Gasteiger partial charge in [0.05, 0.1) is 18.4 Å². The normalized spacial score (nSPS) is 9.47. The van der Waals surface area contributed by atoms with Crippen LogP contribution in [0.1, 0.15) is 17.5 Å². The zero-order valence-electron chi connectivity index (χ0n) is 10.9. The van der Waals surface area contributed by atoms with Crippen LogP contribution >= 0.6 is 0 Å². The van der Waals surface area contributed by atoms with E-state index in [1.807, 2.05) is 12.1 Å². The third-order valence-corrected chi connectivity index (χ3v) is 2.54. The summed E-state index contributed by atoms with van der Waals surface area (Å²) in [6, 6.07) is 5.25. The second kappa shape index (κ2) is 7.10. The number of benzene rings is 1. The summed E-state index contributed by atoms with van der Waals surface area (Å²) in [6.45, 7) is 1.10. The van der Waals surface area contributed by atoms with E-state index in [4.69, 9.17) is 20.0 Å². The second-order valence-corrected chi connectivity index (χ2v) is 3.72. The predicted octanol–water partition coefficient (Wildman–Crippen LogP) is 1.59. The van der Waals surface area contributed by atoms with Crippen molar-refractivity contribution in [2.45, 2.75) is 6.42 Å². The second-order valence-electron chi connectivity index (χ2n) is 3.72. The van der Waals surface area contributed by atoms with Gasteiger partial charge in [-0.25, -0.2) is 0 Å². The predicted molar refractivity (Wildman–Crippen MR) is 69.1 cm³/mol. The summed E-state index contributed by atoms with van der Waals surface area (Å²) in [5, 5.41) is 31.0. The fourth-order valence-corrected chi connectivity index (χ4v) is 1.61. The minimum absolute atomic E-state index is 0.00770. The van der Waals surface area contributed by atoms with Crippen molar-refractivity contribution in [3.8, 4) is 23.6 Å². The Morgan fingerprint density at radius 1 is 1.32 bits per heavy atom. The van der Waals surface area contributed by atoms with Crippen LogP contribution in [-0.2, 0) is 4.74 Å². The van der Waals surface area contributed by atoms with Crippen LogP contribution in [0.3, 0.4) is 0 Å². The average molecular weight is 261 g/mol. The van der Waals surface area contributed by atoms with Gasteiger partial charge >= 0.3 is 0 Å². The first-order valence-electron chi connectivity index (χ1n) is 5.66. The molecule has 100 valence electrons. The third-order valence-electron chi connectivity index (χ3n) is 2.54. The zero-order chi connectivity index (χ0) is 14.3. The number of anilines is 1. The van der Waals surface area contributed by atoms with Crippen molar-refractivity contribution in [1.82, 2.24) is 0 Å². The van der Waals surface area contributed by atoms with Crippen molar-refractivity contribution in [3.63, 3.8) is 0 Å². The topological polar surface area (TPSA) is 98.3 Å². The fourth-order valence-electron chi connectivity index (χ4n) is 1.61. The van der Waals surface area contributed by atoms with E-state index in [2.05, 4.69) is 5.32 Å². The molecule has 0 amide bonds. The van der Waals surface area contributed by atoms with Crippen molar-refractivity contribution < 1.29 is 14.6 Å². The zero-order valence-corrected chi connectivity index (χ0v) is 10.9. The van der Waals surface area contributed by atoms with Crippen LogP contribution in [0.25, 0.3) is 0 Å². The fraction of sp³-hybridized carbons (Fsp3) is 0.385. The molecule has 0 aromatic heterocycles. The van der Waals surface area contributed by atoms with Crippen LogP contribution in [0.4, 0.5) is 5.69 Å². The summed E-state index contributed by atoms with van der Waals surface area (Å²) in [5.41, 5.74) is 0.580. The number of nitrogens with one attached hydrogen (secondary N) is 1. The molecule has 0 aliphatic rings. The average Bonchev–Trinajstić information content (AvgIpc) is 2.43. The van der Waals surface area contributed by atoms with Gasteiger partial charge in [0.25, 0.3) is 0 Å². The molecule has 0 unspecified atom stereocenters. The lowest BCUT2D eigenvalue weighted by Gasteiger charge is -2.13. The number of phenolic OH excluding ortho intramolecular Hbond substituents is 1. The molecule has 19 heavy (non-hydrogen) atoms. The molecule has 6 heteroatoms. The van der Waals surface area contributed by atoms with E-state index < -0.39 is 0 Å². The molecule has 6 nitrogen and oxygen atoms in total. The quantitative estimate of drug-likeness (QED) is 0.754. The lowest BCUT2D eigenvalue weighted by Crippen LogP contribution is -2.08. The first-order chi connectivity index (χ1) is 9.19. The first-order valence-corrected chi connectivity index (χ1v) is 5.66. The Labute approximate surface area is 111 Å². The molecule has 1 rings (SSSR count). The highest BCUT2D eigenvalue weighted by Crippen LogP contribution is 2.37. The van der Waals surface area contributed by atoms with Crippen LogP contribution in [-0.4, -0.2) is 32.5 Å². The van der Waals surface area contributed by atoms with Crippen molar-refractivity contribution in [2.75, 3.05) is 32.7 Å². The molecule has 0 aliphatic heterocycles. The molecule has 0 radical (unpaired) electrons. The van der Waals surface area contributed by atoms with E-state index in [1.165, 1.54) is 13.2 Å². The molecule has 0 atom stereocenters. The lowest BCUT2D eigenvalue weighted by atomic mass is 10.1. The van der Waals surface area contributed by atoms with Gasteiger partial charge in [0, 0.05) is 26.3 Å². The molecule has 0 bridgehead atoms. The van der Waals surface area contributed by atoms with Gasteiger partial charge in [0.2, 0.25) is 0 Å². The number of nitrogens with zero attached hydrogens (tertiary/aromatic N) is 2. The number of phenols is 1. The van der Waals surface area contributed by atoms with Crippen molar-refractivity contribution >= 4 is 5.69 Å². The molecule has 0 saturated carbocycles. The van der Waals surface area contributed by atoms with Gasteiger partial charge in [-0.15, -0.1) is 0 Å². The maximum Gasteiger partial charge on any atom is 0.178 e. The number of hydrogen-bond donors (Lipinski definition) is 2. The molecule has 0 fully saturated rings. The van der Waals surface area contributed by atoms with Gasteiger partial charge in [0.15, 0.2) is 11.5 Å². The molecular weight excluding hydrogens is 246 g/mol. The summed E-state index contributed by atoms with van der Waals surface area (Å²) in [4.78, 5) is 0. The SMILES string of the molecule is COCCCNc1c(C#N)cc(OC)c(O)c1C#N. The highest BCUT2D eigenvalue weighted by molar-refractivity contribution is 5.74. The maximum atomic E-state index is 9.87. The standard InChI is InChI=1S/C13H15N3O3/c1-18-5-3-4-16-12-9(7-14)6-11(19-2)13(17)10(12)8-15/h6,16-17H,3-5H2,1-2H3. The molecule has 0 spiro atoms. The van der Waals surface area contributed by atoms with Gasteiger partial charge in [-0.05, 0) is 6.42 Å². The van der Waals surface area contributed by atoms with E-state index in [9.17, 15) is 5.11 Å².